The minimum absolute atomic E-state index is 0.0934. The van der Waals surface area contributed by atoms with Crippen LogP contribution in [0.5, 0.6) is 11.5 Å². The third-order valence-corrected chi connectivity index (χ3v) is 3.33. The van der Waals surface area contributed by atoms with Gasteiger partial charge in [0.2, 0.25) is 0 Å². The van der Waals surface area contributed by atoms with Gasteiger partial charge in [-0.05, 0) is 37.6 Å². The van der Waals surface area contributed by atoms with Gasteiger partial charge in [-0.25, -0.2) is 0 Å². The Kier molecular flexibility index (Phi) is 4.42. The number of rotatable bonds is 4. The van der Waals surface area contributed by atoms with Gasteiger partial charge in [-0.15, -0.1) is 0 Å². The Labute approximate surface area is 123 Å². The molecule has 1 heterocycles. The Bertz CT molecular complexity index is 641. The number of amides is 1. The molecule has 5 heteroatoms. The molecule has 0 spiro atoms. The fourth-order valence-corrected chi connectivity index (χ4v) is 2.04. The Balaban J connectivity index is 2.27. The van der Waals surface area contributed by atoms with E-state index in [1.54, 1.807) is 24.1 Å². The first-order valence-electron chi connectivity index (χ1n) is 6.75. The van der Waals surface area contributed by atoms with Crippen molar-refractivity contribution in [3.8, 4) is 11.5 Å². The summed E-state index contributed by atoms with van der Waals surface area (Å²) in [6, 6.07) is 8.63. The molecule has 0 unspecified atom stereocenters. The topological polar surface area (TPSA) is 73.7 Å². The molecule has 0 aliphatic rings. The lowest BCUT2D eigenvalue weighted by atomic mass is 10.1. The van der Waals surface area contributed by atoms with Gasteiger partial charge in [0, 0.05) is 12.7 Å². The van der Waals surface area contributed by atoms with Gasteiger partial charge in [0.15, 0.2) is 11.5 Å². The van der Waals surface area contributed by atoms with Gasteiger partial charge in [-0.3, -0.25) is 9.78 Å². The van der Waals surface area contributed by atoms with Crippen molar-refractivity contribution in [3.63, 3.8) is 0 Å². The summed E-state index contributed by atoms with van der Waals surface area (Å²) in [5.74, 6) is -0.967. The van der Waals surface area contributed by atoms with E-state index in [-0.39, 0.29) is 23.0 Å². The molecule has 110 valence electrons. The fourth-order valence-electron chi connectivity index (χ4n) is 2.04. The van der Waals surface area contributed by atoms with Crippen molar-refractivity contribution in [3.05, 3.63) is 53.3 Å². The summed E-state index contributed by atoms with van der Waals surface area (Å²) in [6.07, 6.45) is 1.67. The fraction of sp³-hybridized carbons (Fsp3) is 0.250. The second-order valence-corrected chi connectivity index (χ2v) is 4.77. The number of aromatic hydroxyl groups is 2. The number of phenols is 2. The van der Waals surface area contributed by atoms with Gasteiger partial charge in [0.05, 0.1) is 17.8 Å². The molecule has 0 aliphatic carbocycles. The van der Waals surface area contributed by atoms with Crippen LogP contribution in [0, 0.1) is 6.92 Å². The smallest absolute Gasteiger partial charge is 0.258 e. The van der Waals surface area contributed by atoms with Crippen LogP contribution >= 0.6 is 0 Å². The predicted octanol–water partition coefficient (Wildman–Crippen LogP) is 2.46. The second kappa shape index (κ2) is 6.26. The van der Waals surface area contributed by atoms with E-state index in [9.17, 15) is 15.0 Å². The molecule has 0 saturated carbocycles. The van der Waals surface area contributed by atoms with Crippen LogP contribution in [0.1, 0.15) is 28.5 Å². The van der Waals surface area contributed by atoms with E-state index in [1.165, 1.54) is 6.07 Å². The van der Waals surface area contributed by atoms with Gasteiger partial charge >= 0.3 is 0 Å². The second-order valence-electron chi connectivity index (χ2n) is 4.77. The van der Waals surface area contributed by atoms with Crippen molar-refractivity contribution in [2.75, 3.05) is 6.54 Å². The van der Waals surface area contributed by atoms with Gasteiger partial charge in [0.25, 0.3) is 5.91 Å². The average molecular weight is 286 g/mol. The van der Waals surface area contributed by atoms with E-state index in [4.69, 9.17) is 0 Å². The number of carbonyl (C=O) groups excluding carboxylic acids is 1. The van der Waals surface area contributed by atoms with E-state index in [0.29, 0.717) is 18.7 Å². The quantitative estimate of drug-likeness (QED) is 0.847. The number of nitrogens with zero attached hydrogens (tertiary/aromatic N) is 2. The highest BCUT2D eigenvalue weighted by Gasteiger charge is 2.21. The van der Waals surface area contributed by atoms with Crippen molar-refractivity contribution < 1.29 is 15.0 Å². The molecule has 0 saturated heterocycles. The monoisotopic (exact) mass is 286 g/mol. The van der Waals surface area contributed by atoms with Crippen molar-refractivity contribution in [2.45, 2.75) is 20.4 Å². The number of aromatic nitrogens is 1. The van der Waals surface area contributed by atoms with E-state index in [1.807, 2.05) is 25.1 Å². The number of pyridine rings is 1. The Morgan fingerprint density at radius 3 is 2.57 bits per heavy atom. The minimum Gasteiger partial charge on any atom is -0.504 e. The SMILES string of the molecule is CCN(Cc1ccccn1)C(=O)c1ccc(C)c(O)c1O. The molecule has 1 aromatic heterocycles. The summed E-state index contributed by atoms with van der Waals surface area (Å²) in [4.78, 5) is 18.2. The molecule has 0 bridgehead atoms. The summed E-state index contributed by atoms with van der Waals surface area (Å²) >= 11 is 0. The molecular formula is C16H18N2O3. The first-order valence-corrected chi connectivity index (χ1v) is 6.75. The molecule has 0 aliphatic heterocycles. The van der Waals surface area contributed by atoms with Gasteiger partial charge < -0.3 is 15.1 Å². The summed E-state index contributed by atoms with van der Waals surface area (Å²) in [7, 11) is 0. The van der Waals surface area contributed by atoms with E-state index >= 15 is 0 Å². The third-order valence-electron chi connectivity index (χ3n) is 3.33. The van der Waals surface area contributed by atoms with Crippen LogP contribution in [0.2, 0.25) is 0 Å². The summed E-state index contributed by atoms with van der Waals surface area (Å²) in [5.41, 5.74) is 1.39. The molecule has 2 rings (SSSR count). The normalized spacial score (nSPS) is 10.4. The van der Waals surface area contributed by atoms with Crippen molar-refractivity contribution in [1.29, 1.82) is 0 Å². The van der Waals surface area contributed by atoms with Crippen LogP contribution in [0.4, 0.5) is 0 Å². The average Bonchev–Trinajstić information content (AvgIpc) is 2.51. The Morgan fingerprint density at radius 2 is 1.95 bits per heavy atom. The van der Waals surface area contributed by atoms with Crippen LogP contribution < -0.4 is 0 Å². The van der Waals surface area contributed by atoms with Gasteiger partial charge in [0.1, 0.15) is 0 Å². The van der Waals surface area contributed by atoms with Crippen LogP contribution in [-0.2, 0) is 6.54 Å². The Morgan fingerprint density at radius 1 is 1.19 bits per heavy atom. The molecule has 5 nitrogen and oxygen atoms in total. The lowest BCUT2D eigenvalue weighted by Crippen LogP contribution is -2.30. The molecule has 2 aromatic rings. The number of aryl methyl sites for hydroxylation is 1. The highest BCUT2D eigenvalue weighted by molar-refractivity contribution is 5.97. The zero-order valence-corrected chi connectivity index (χ0v) is 12.1. The van der Waals surface area contributed by atoms with Crippen molar-refractivity contribution in [2.24, 2.45) is 0 Å². The maximum absolute atomic E-state index is 12.5. The molecule has 0 atom stereocenters. The van der Waals surface area contributed by atoms with Gasteiger partial charge in [-0.1, -0.05) is 12.1 Å². The van der Waals surface area contributed by atoms with Gasteiger partial charge in [-0.2, -0.15) is 0 Å². The highest BCUT2D eigenvalue weighted by atomic mass is 16.3. The maximum Gasteiger partial charge on any atom is 0.258 e. The third kappa shape index (κ3) is 3.13. The lowest BCUT2D eigenvalue weighted by molar-refractivity contribution is 0.0747. The van der Waals surface area contributed by atoms with E-state index < -0.39 is 0 Å². The number of benzene rings is 1. The predicted molar refractivity (Wildman–Crippen MR) is 79.2 cm³/mol. The van der Waals surface area contributed by atoms with Crippen LogP contribution in [-0.4, -0.2) is 32.5 Å². The zero-order chi connectivity index (χ0) is 15.4. The highest BCUT2D eigenvalue weighted by Crippen LogP contribution is 2.32. The standard InChI is InChI=1S/C16H18N2O3/c1-3-18(10-12-6-4-5-9-17-12)16(21)13-8-7-11(2)14(19)15(13)20/h4-9,19-20H,3,10H2,1-2H3. The molecule has 1 aromatic carbocycles. The van der Waals surface area contributed by atoms with Crippen LogP contribution in [0.25, 0.3) is 0 Å². The minimum atomic E-state index is -0.375. The molecule has 0 radical (unpaired) electrons. The van der Waals surface area contributed by atoms with E-state index in [2.05, 4.69) is 4.98 Å². The van der Waals surface area contributed by atoms with Crippen LogP contribution in [0.15, 0.2) is 36.5 Å². The number of carbonyl (C=O) groups is 1. The number of hydrogen-bond donors (Lipinski definition) is 2. The number of hydrogen-bond acceptors (Lipinski definition) is 4. The maximum atomic E-state index is 12.5. The zero-order valence-electron chi connectivity index (χ0n) is 12.1. The molecule has 1 amide bonds. The van der Waals surface area contributed by atoms with Crippen LogP contribution in [0.3, 0.4) is 0 Å². The summed E-state index contributed by atoms with van der Waals surface area (Å²) < 4.78 is 0. The molecule has 2 N–H and O–H groups in total. The lowest BCUT2D eigenvalue weighted by Gasteiger charge is -2.21. The number of phenolic OH excluding ortho intramolecular Hbond substituents is 2. The Hall–Kier alpha value is -2.56. The first kappa shape index (κ1) is 14.8. The summed E-state index contributed by atoms with van der Waals surface area (Å²) in [6.45, 7) is 4.34. The van der Waals surface area contributed by atoms with Crippen molar-refractivity contribution in [1.82, 2.24) is 9.88 Å². The molecular weight excluding hydrogens is 268 g/mol. The largest absolute Gasteiger partial charge is 0.504 e. The molecule has 21 heavy (non-hydrogen) atoms. The van der Waals surface area contributed by atoms with Crippen molar-refractivity contribution >= 4 is 5.91 Å². The molecule has 0 fully saturated rings. The summed E-state index contributed by atoms with van der Waals surface area (Å²) in [5, 5.41) is 19.7. The van der Waals surface area contributed by atoms with E-state index in [0.717, 1.165) is 5.69 Å². The first-order chi connectivity index (χ1) is 10.0.